The number of aryl methyl sites for hydroxylation is 2. The van der Waals surface area contributed by atoms with Crippen molar-refractivity contribution in [2.75, 3.05) is 18.0 Å². The normalized spacial score (nSPS) is 15.9. The lowest BCUT2D eigenvalue weighted by molar-refractivity contribution is 0.435. The topological polar surface area (TPSA) is 33.4 Å². The maximum atomic E-state index is 6.03. The maximum absolute atomic E-state index is 6.03. The first-order chi connectivity index (χ1) is 12.0. The zero-order valence-electron chi connectivity index (χ0n) is 15.0. The molecule has 1 fully saturated rings. The number of fused-ring (bicyclic) bond motifs is 1. The lowest BCUT2D eigenvalue weighted by atomic mass is 9.99. The van der Waals surface area contributed by atoms with Crippen LogP contribution in [0, 0.1) is 19.8 Å². The maximum Gasteiger partial charge on any atom is 0.161 e. The van der Waals surface area contributed by atoms with Gasteiger partial charge in [0.1, 0.15) is 5.82 Å². The van der Waals surface area contributed by atoms with E-state index >= 15 is 0 Å². The van der Waals surface area contributed by atoms with Crippen LogP contribution in [0.4, 0.5) is 5.82 Å². The summed E-state index contributed by atoms with van der Waals surface area (Å²) >= 11 is 6.03. The Bertz CT molecular complexity index is 906. The van der Waals surface area contributed by atoms with Crippen molar-refractivity contribution in [3.8, 4) is 11.3 Å². The fourth-order valence-corrected chi connectivity index (χ4v) is 3.70. The molecule has 0 spiro atoms. The van der Waals surface area contributed by atoms with Crippen LogP contribution in [0.5, 0.6) is 0 Å². The van der Waals surface area contributed by atoms with E-state index in [1.807, 2.05) is 28.8 Å². The van der Waals surface area contributed by atoms with Crippen molar-refractivity contribution in [1.82, 2.24) is 14.6 Å². The molecule has 0 N–H and O–H groups in total. The smallest absolute Gasteiger partial charge is 0.161 e. The lowest BCUT2D eigenvalue weighted by Gasteiger charge is -2.32. The molecule has 1 aliphatic rings. The Hall–Kier alpha value is -2.07. The summed E-state index contributed by atoms with van der Waals surface area (Å²) in [6.07, 6.45) is 2.46. The molecule has 2 aromatic heterocycles. The van der Waals surface area contributed by atoms with Crippen LogP contribution in [0.1, 0.15) is 31.0 Å². The van der Waals surface area contributed by atoms with E-state index in [2.05, 4.69) is 31.7 Å². The van der Waals surface area contributed by atoms with Crippen LogP contribution in [0.25, 0.3) is 16.9 Å². The summed E-state index contributed by atoms with van der Waals surface area (Å²) in [5.41, 5.74) is 5.13. The Morgan fingerprint density at radius 2 is 1.76 bits per heavy atom. The van der Waals surface area contributed by atoms with Crippen LogP contribution in [-0.2, 0) is 0 Å². The van der Waals surface area contributed by atoms with Gasteiger partial charge >= 0.3 is 0 Å². The van der Waals surface area contributed by atoms with E-state index in [0.717, 1.165) is 58.0 Å². The van der Waals surface area contributed by atoms with E-state index in [9.17, 15) is 0 Å². The summed E-state index contributed by atoms with van der Waals surface area (Å²) in [6, 6.07) is 10.0. The predicted molar refractivity (Wildman–Crippen MR) is 104 cm³/mol. The van der Waals surface area contributed by atoms with Crippen molar-refractivity contribution in [2.45, 2.75) is 33.6 Å². The molecule has 0 aliphatic carbocycles. The van der Waals surface area contributed by atoms with Crippen LogP contribution >= 0.6 is 11.6 Å². The number of aromatic nitrogens is 3. The van der Waals surface area contributed by atoms with Gasteiger partial charge in [0.25, 0.3) is 0 Å². The minimum absolute atomic E-state index is 0.738. The molecule has 0 saturated carbocycles. The van der Waals surface area contributed by atoms with Crippen molar-refractivity contribution in [1.29, 1.82) is 0 Å². The van der Waals surface area contributed by atoms with Crippen LogP contribution in [0.15, 0.2) is 30.3 Å². The van der Waals surface area contributed by atoms with Gasteiger partial charge in [-0.25, -0.2) is 4.98 Å². The van der Waals surface area contributed by atoms with Crippen molar-refractivity contribution >= 4 is 23.1 Å². The SMILES string of the molecule is Cc1cc(N2CCC(C)CC2)n2nc(-c3ccc(Cl)cc3)c(C)c2n1. The molecular weight excluding hydrogens is 332 g/mol. The fourth-order valence-electron chi connectivity index (χ4n) is 3.57. The first kappa shape index (κ1) is 16.4. The van der Waals surface area contributed by atoms with Gasteiger partial charge < -0.3 is 4.90 Å². The Labute approximate surface area is 153 Å². The molecule has 1 saturated heterocycles. The zero-order valence-corrected chi connectivity index (χ0v) is 15.7. The first-order valence-corrected chi connectivity index (χ1v) is 9.28. The molecule has 0 amide bonds. The van der Waals surface area contributed by atoms with Gasteiger partial charge in [-0.15, -0.1) is 0 Å². The monoisotopic (exact) mass is 354 g/mol. The van der Waals surface area contributed by atoms with Gasteiger partial charge in [0, 0.05) is 41.0 Å². The molecule has 0 unspecified atom stereocenters. The standard InChI is InChI=1S/C20H23ClN4/c1-13-8-10-24(11-9-13)18-12-14(2)22-20-15(3)19(23-25(18)20)16-4-6-17(21)7-5-16/h4-7,12-13H,8-11H2,1-3H3. The summed E-state index contributed by atoms with van der Waals surface area (Å²) in [5.74, 6) is 1.95. The molecule has 0 bridgehead atoms. The van der Waals surface area contributed by atoms with Gasteiger partial charge in [0.05, 0.1) is 5.69 Å². The number of hydrogen-bond donors (Lipinski definition) is 0. The fraction of sp³-hybridized carbons (Fsp3) is 0.400. The molecule has 1 aromatic carbocycles. The molecule has 4 nitrogen and oxygen atoms in total. The zero-order chi connectivity index (χ0) is 17.6. The molecule has 0 radical (unpaired) electrons. The highest BCUT2D eigenvalue weighted by Crippen LogP contribution is 2.30. The summed E-state index contributed by atoms with van der Waals surface area (Å²) < 4.78 is 2.02. The number of nitrogens with zero attached hydrogens (tertiary/aromatic N) is 4. The first-order valence-electron chi connectivity index (χ1n) is 8.91. The molecule has 1 aliphatic heterocycles. The van der Waals surface area contributed by atoms with Gasteiger partial charge in [-0.2, -0.15) is 9.61 Å². The summed E-state index contributed by atoms with van der Waals surface area (Å²) in [4.78, 5) is 7.20. The number of hydrogen-bond acceptors (Lipinski definition) is 3. The highest BCUT2D eigenvalue weighted by atomic mass is 35.5. The van der Waals surface area contributed by atoms with Crippen molar-refractivity contribution in [3.05, 3.63) is 46.6 Å². The van der Waals surface area contributed by atoms with Crippen LogP contribution < -0.4 is 4.90 Å². The summed E-state index contributed by atoms with van der Waals surface area (Å²) in [7, 11) is 0. The van der Waals surface area contributed by atoms with E-state index in [-0.39, 0.29) is 0 Å². The molecule has 0 atom stereocenters. The molecular formula is C20H23ClN4. The number of piperidine rings is 1. The predicted octanol–water partition coefficient (Wildman–Crippen LogP) is 4.90. The molecule has 4 rings (SSSR count). The van der Waals surface area contributed by atoms with Gasteiger partial charge in [-0.05, 0) is 44.7 Å². The van der Waals surface area contributed by atoms with E-state index in [1.54, 1.807) is 0 Å². The molecule has 5 heteroatoms. The van der Waals surface area contributed by atoms with E-state index in [0.29, 0.717) is 0 Å². The third-order valence-corrected chi connectivity index (χ3v) is 5.41. The molecule has 3 aromatic rings. The molecule has 3 heterocycles. The summed E-state index contributed by atoms with van der Waals surface area (Å²) in [5, 5.41) is 5.66. The van der Waals surface area contributed by atoms with Gasteiger partial charge in [0.2, 0.25) is 0 Å². The van der Waals surface area contributed by atoms with Crippen LogP contribution in [0.2, 0.25) is 5.02 Å². The van der Waals surface area contributed by atoms with Crippen LogP contribution in [0.3, 0.4) is 0 Å². The van der Waals surface area contributed by atoms with Crippen molar-refractivity contribution in [3.63, 3.8) is 0 Å². The number of anilines is 1. The lowest BCUT2D eigenvalue weighted by Crippen LogP contribution is -2.34. The van der Waals surface area contributed by atoms with E-state index in [4.69, 9.17) is 21.7 Å². The second-order valence-electron chi connectivity index (χ2n) is 7.14. The third-order valence-electron chi connectivity index (χ3n) is 5.15. The van der Waals surface area contributed by atoms with Gasteiger partial charge in [0.15, 0.2) is 5.65 Å². The van der Waals surface area contributed by atoms with Gasteiger partial charge in [-0.1, -0.05) is 30.7 Å². The largest absolute Gasteiger partial charge is 0.356 e. The minimum atomic E-state index is 0.738. The van der Waals surface area contributed by atoms with Crippen LogP contribution in [-0.4, -0.2) is 27.7 Å². The average Bonchev–Trinajstić information content (AvgIpc) is 2.93. The Morgan fingerprint density at radius 3 is 2.44 bits per heavy atom. The second-order valence-corrected chi connectivity index (χ2v) is 7.58. The number of rotatable bonds is 2. The second kappa shape index (κ2) is 6.34. The quantitative estimate of drug-likeness (QED) is 0.656. The Morgan fingerprint density at radius 1 is 1.08 bits per heavy atom. The van der Waals surface area contributed by atoms with E-state index in [1.165, 1.54) is 12.8 Å². The number of benzene rings is 1. The van der Waals surface area contributed by atoms with Gasteiger partial charge in [-0.3, -0.25) is 0 Å². The average molecular weight is 355 g/mol. The highest BCUT2D eigenvalue weighted by molar-refractivity contribution is 6.30. The summed E-state index contributed by atoms with van der Waals surface area (Å²) in [6.45, 7) is 8.65. The van der Waals surface area contributed by atoms with Crippen molar-refractivity contribution in [2.24, 2.45) is 5.92 Å². The molecule has 25 heavy (non-hydrogen) atoms. The Balaban J connectivity index is 1.84. The number of halogens is 1. The molecule has 130 valence electrons. The highest BCUT2D eigenvalue weighted by Gasteiger charge is 2.21. The Kier molecular flexibility index (Phi) is 4.16. The minimum Gasteiger partial charge on any atom is -0.356 e. The van der Waals surface area contributed by atoms with E-state index < -0.39 is 0 Å². The third kappa shape index (κ3) is 2.99. The van der Waals surface area contributed by atoms with Crippen molar-refractivity contribution < 1.29 is 0 Å².